The van der Waals surface area contributed by atoms with E-state index in [1.165, 1.54) is 0 Å². The van der Waals surface area contributed by atoms with Crippen LogP contribution in [0.4, 0.5) is 0 Å². The molecule has 0 unspecified atom stereocenters. The molecule has 36 valence electrons. The topological polar surface area (TPSA) is 0 Å². The van der Waals surface area contributed by atoms with E-state index in [1.54, 1.807) is 0 Å². The molecule has 0 amide bonds. The summed E-state index contributed by atoms with van der Waals surface area (Å²) in [5.41, 5.74) is 0. The maximum atomic E-state index is 4.71. The molecule has 0 rings (SSSR count). The Morgan fingerprint density at radius 1 is 1.83 bits per heavy atom. The van der Waals surface area contributed by atoms with Gasteiger partial charge in [0.2, 0.25) is 0 Å². The van der Waals surface area contributed by atoms with Crippen LogP contribution in [0.15, 0.2) is 0 Å². The number of hydrogen-bond donors (Lipinski definition) is 0. The first kappa shape index (κ1) is 6.57. The molecule has 0 nitrogen and oxygen atoms in total. The van der Waals surface area contributed by atoms with Gasteiger partial charge in [0.05, 0.1) is 3.77 Å². The third kappa shape index (κ3) is 4.57. The van der Waals surface area contributed by atoms with Crippen molar-refractivity contribution in [3.63, 3.8) is 0 Å². The number of hydrogen-bond acceptors (Lipinski definition) is 1. The van der Waals surface area contributed by atoms with Gasteiger partial charge in [0.1, 0.15) is 0 Å². The summed E-state index contributed by atoms with van der Waals surface area (Å²) in [6, 6.07) is 0. The van der Waals surface area contributed by atoms with Gasteiger partial charge in [0.25, 0.3) is 0 Å². The lowest BCUT2D eigenvalue weighted by atomic mass is 10.4. The van der Waals surface area contributed by atoms with Gasteiger partial charge >= 0.3 is 0 Å². The smallest absolute Gasteiger partial charge is 0.0579 e. The first-order chi connectivity index (χ1) is 2.77. The van der Waals surface area contributed by atoms with E-state index in [0.29, 0.717) is 0 Å². The molecule has 0 fully saturated rings. The van der Waals surface area contributed by atoms with Crippen LogP contribution >= 0.6 is 28.1 Å². The van der Waals surface area contributed by atoms with Gasteiger partial charge in [-0.2, -0.15) is 0 Å². The summed E-state index contributed by atoms with van der Waals surface area (Å²) in [6.07, 6.45) is 2.17. The summed E-state index contributed by atoms with van der Waals surface area (Å²) in [7, 11) is 0. The molecule has 0 aromatic carbocycles. The molecule has 0 N–H and O–H groups in total. The molecule has 0 saturated heterocycles. The number of halogens is 1. The van der Waals surface area contributed by atoms with Crippen molar-refractivity contribution in [2.24, 2.45) is 0 Å². The summed E-state index contributed by atoms with van der Waals surface area (Å²) in [4.78, 5) is 0. The van der Waals surface area contributed by atoms with Crippen molar-refractivity contribution in [3.05, 3.63) is 0 Å². The van der Waals surface area contributed by atoms with Crippen molar-refractivity contribution in [1.82, 2.24) is 0 Å². The van der Waals surface area contributed by atoms with Gasteiger partial charge in [0, 0.05) is 0 Å². The first-order valence-corrected chi connectivity index (χ1v) is 3.16. The Morgan fingerprint density at radius 2 is 2.33 bits per heavy atom. The monoisotopic (exact) mass is 166 g/mol. The molecule has 0 aliphatic carbocycles. The van der Waals surface area contributed by atoms with Gasteiger partial charge in [-0.3, -0.25) is 0 Å². The van der Waals surface area contributed by atoms with Gasteiger partial charge in [-0.25, -0.2) is 0 Å². The van der Waals surface area contributed by atoms with Crippen molar-refractivity contribution in [3.8, 4) is 0 Å². The quantitative estimate of drug-likeness (QED) is 0.449. The zero-order chi connectivity index (χ0) is 4.99. The van der Waals surface area contributed by atoms with Crippen LogP contribution in [0.5, 0.6) is 0 Å². The predicted molar refractivity (Wildman–Crippen MR) is 36.4 cm³/mol. The fourth-order valence-corrected chi connectivity index (χ4v) is 0.797. The summed E-state index contributed by atoms with van der Waals surface area (Å²) >= 11 is 7.88. The molecular formula is C4H7BrS. The van der Waals surface area contributed by atoms with Crippen LogP contribution in [-0.2, 0) is 0 Å². The maximum absolute atomic E-state index is 4.71. The zero-order valence-electron chi connectivity index (χ0n) is 3.70. The van der Waals surface area contributed by atoms with Crippen molar-refractivity contribution < 1.29 is 0 Å². The highest BCUT2D eigenvalue weighted by Gasteiger charge is 1.81. The normalized spacial score (nSPS) is 8.33. The molecule has 0 atom stereocenters. The van der Waals surface area contributed by atoms with E-state index >= 15 is 0 Å². The van der Waals surface area contributed by atoms with Crippen LogP contribution in [0.2, 0.25) is 0 Å². The molecule has 0 spiro atoms. The largest absolute Gasteiger partial charge is 0.0768 e. The minimum Gasteiger partial charge on any atom is -0.0768 e. The highest BCUT2D eigenvalue weighted by Crippen LogP contribution is 1.97. The van der Waals surface area contributed by atoms with Crippen LogP contribution < -0.4 is 0 Å². The van der Waals surface area contributed by atoms with E-state index in [4.69, 9.17) is 12.2 Å². The van der Waals surface area contributed by atoms with Gasteiger partial charge in [-0.1, -0.05) is 25.6 Å². The summed E-state index contributed by atoms with van der Waals surface area (Å²) < 4.78 is 0.935. The van der Waals surface area contributed by atoms with E-state index in [0.717, 1.165) is 16.6 Å². The number of rotatable bonds is 2. The molecule has 0 radical (unpaired) electrons. The molecule has 0 aromatic rings. The SMILES string of the molecule is CCCC(=S)Br. The Bertz CT molecular complexity index is 51.5. The second-order valence-electron chi connectivity index (χ2n) is 1.11. The van der Waals surface area contributed by atoms with Crippen LogP contribution in [0.1, 0.15) is 19.8 Å². The molecule has 0 bridgehead atoms. The van der Waals surface area contributed by atoms with Gasteiger partial charge in [-0.15, -0.1) is 0 Å². The second-order valence-corrected chi connectivity index (χ2v) is 3.08. The summed E-state index contributed by atoms with van der Waals surface area (Å²) in [5, 5.41) is 0. The Kier molecular flexibility index (Phi) is 4.11. The maximum Gasteiger partial charge on any atom is 0.0579 e. The fraction of sp³-hybridized carbons (Fsp3) is 0.750. The molecule has 0 heterocycles. The van der Waals surface area contributed by atoms with Crippen molar-refractivity contribution >= 4 is 31.9 Å². The molecule has 2 heteroatoms. The van der Waals surface area contributed by atoms with Crippen LogP contribution in [0.3, 0.4) is 0 Å². The molecule has 0 aliphatic rings. The Hall–Kier alpha value is 0.570. The van der Waals surface area contributed by atoms with E-state index in [1.807, 2.05) is 0 Å². The molecule has 0 saturated carbocycles. The highest BCUT2D eigenvalue weighted by molar-refractivity contribution is 9.20. The third-order valence-corrected chi connectivity index (χ3v) is 1.05. The standard InChI is InChI=1S/C4H7BrS/c1-2-3-4(5)6/h2-3H2,1H3. The van der Waals surface area contributed by atoms with E-state index in [9.17, 15) is 0 Å². The lowest BCUT2D eigenvalue weighted by Gasteiger charge is -1.82. The number of thiocarbonyl (C=S) groups is 1. The minimum absolute atomic E-state index is 0.935. The zero-order valence-corrected chi connectivity index (χ0v) is 6.10. The van der Waals surface area contributed by atoms with Crippen LogP contribution in [-0.4, -0.2) is 3.77 Å². The lowest BCUT2D eigenvalue weighted by molar-refractivity contribution is 1.02. The minimum atomic E-state index is 0.935. The third-order valence-electron chi connectivity index (χ3n) is 0.447. The van der Waals surface area contributed by atoms with Crippen LogP contribution in [0, 0.1) is 0 Å². The molecule has 0 aromatic heterocycles. The summed E-state index contributed by atoms with van der Waals surface area (Å²) in [6.45, 7) is 2.10. The van der Waals surface area contributed by atoms with E-state index in [-0.39, 0.29) is 0 Å². The van der Waals surface area contributed by atoms with Gasteiger partial charge in [-0.05, 0) is 22.4 Å². The van der Waals surface area contributed by atoms with Crippen molar-refractivity contribution in [2.75, 3.05) is 0 Å². The Balaban J connectivity index is 2.83. The average molecular weight is 167 g/mol. The average Bonchev–Trinajstić information content (AvgIpc) is 1.35. The lowest BCUT2D eigenvalue weighted by Crippen LogP contribution is -1.74. The van der Waals surface area contributed by atoms with Crippen molar-refractivity contribution in [1.29, 1.82) is 0 Å². The van der Waals surface area contributed by atoms with Gasteiger partial charge < -0.3 is 0 Å². The fourth-order valence-electron chi connectivity index (χ4n) is 0.197. The second kappa shape index (κ2) is 3.75. The van der Waals surface area contributed by atoms with Crippen LogP contribution in [0.25, 0.3) is 0 Å². The molecular weight excluding hydrogens is 160 g/mol. The van der Waals surface area contributed by atoms with Crippen molar-refractivity contribution in [2.45, 2.75) is 19.8 Å². The summed E-state index contributed by atoms with van der Waals surface area (Å²) in [5.74, 6) is 0. The van der Waals surface area contributed by atoms with E-state index < -0.39 is 0 Å². The van der Waals surface area contributed by atoms with E-state index in [2.05, 4.69) is 22.9 Å². The Labute approximate surface area is 52.1 Å². The first-order valence-electron chi connectivity index (χ1n) is 1.95. The van der Waals surface area contributed by atoms with Gasteiger partial charge in [0.15, 0.2) is 0 Å². The molecule has 6 heavy (non-hydrogen) atoms. The predicted octanol–water partition coefficient (Wildman–Crippen LogP) is 2.51. The molecule has 0 aliphatic heterocycles. The highest BCUT2D eigenvalue weighted by atomic mass is 79.9. The Morgan fingerprint density at radius 3 is 2.33 bits per heavy atom.